The van der Waals surface area contributed by atoms with Crippen LogP contribution in [0.1, 0.15) is 20.3 Å². The molecule has 0 saturated heterocycles. The van der Waals surface area contributed by atoms with Crippen LogP contribution in [0.3, 0.4) is 0 Å². The lowest BCUT2D eigenvalue weighted by molar-refractivity contribution is 0.105. The van der Waals surface area contributed by atoms with Gasteiger partial charge in [0.25, 0.3) is 0 Å². The van der Waals surface area contributed by atoms with Gasteiger partial charge < -0.3 is 14.3 Å². The standard InChI is InChI=1S/C14H18F2N2OS/c1-9(2)8-19-5-3-4-18-12-7-10(15)6-11(16)13(12)17-14(18)20/h6-7,9H,3-5,8H2,1-2H3,(H,17,20). The Kier molecular flexibility index (Phi) is 4.88. The van der Waals surface area contributed by atoms with Crippen LogP contribution in [-0.4, -0.2) is 22.8 Å². The van der Waals surface area contributed by atoms with Crippen molar-refractivity contribution < 1.29 is 13.5 Å². The van der Waals surface area contributed by atoms with Gasteiger partial charge in [0, 0.05) is 25.8 Å². The van der Waals surface area contributed by atoms with E-state index in [4.69, 9.17) is 17.0 Å². The number of fused-ring (bicyclic) bond motifs is 1. The number of aryl methyl sites for hydroxylation is 1. The molecule has 0 aliphatic rings. The summed E-state index contributed by atoms with van der Waals surface area (Å²) in [6.07, 6.45) is 0.742. The first-order valence-electron chi connectivity index (χ1n) is 6.64. The van der Waals surface area contributed by atoms with E-state index in [1.807, 2.05) is 0 Å². The summed E-state index contributed by atoms with van der Waals surface area (Å²) in [6.45, 7) is 6.05. The number of nitrogens with one attached hydrogen (secondary N) is 1. The second-order valence-electron chi connectivity index (χ2n) is 5.19. The monoisotopic (exact) mass is 300 g/mol. The highest BCUT2D eigenvalue weighted by molar-refractivity contribution is 7.71. The van der Waals surface area contributed by atoms with Crippen molar-refractivity contribution in [2.24, 2.45) is 5.92 Å². The smallest absolute Gasteiger partial charge is 0.178 e. The van der Waals surface area contributed by atoms with Crippen molar-refractivity contribution in [2.75, 3.05) is 13.2 Å². The van der Waals surface area contributed by atoms with Gasteiger partial charge in [-0.05, 0) is 30.6 Å². The molecule has 6 heteroatoms. The zero-order valence-corrected chi connectivity index (χ0v) is 12.4. The van der Waals surface area contributed by atoms with Crippen LogP contribution in [-0.2, 0) is 11.3 Å². The van der Waals surface area contributed by atoms with Crippen LogP contribution >= 0.6 is 12.2 Å². The van der Waals surface area contributed by atoms with Crippen molar-refractivity contribution in [3.8, 4) is 0 Å². The first kappa shape index (κ1) is 15.1. The summed E-state index contributed by atoms with van der Waals surface area (Å²) in [7, 11) is 0. The number of imidazole rings is 1. The third-order valence-corrected chi connectivity index (χ3v) is 3.25. The zero-order chi connectivity index (χ0) is 14.7. The number of hydrogen-bond acceptors (Lipinski definition) is 2. The van der Waals surface area contributed by atoms with Crippen LogP contribution in [0.4, 0.5) is 8.78 Å². The minimum Gasteiger partial charge on any atom is -0.381 e. The molecule has 1 N–H and O–H groups in total. The van der Waals surface area contributed by atoms with E-state index in [1.54, 1.807) is 4.57 Å². The fourth-order valence-corrected chi connectivity index (χ4v) is 2.34. The third kappa shape index (κ3) is 3.43. The number of ether oxygens (including phenoxy) is 1. The maximum Gasteiger partial charge on any atom is 0.178 e. The molecule has 0 amide bonds. The van der Waals surface area contributed by atoms with Gasteiger partial charge in [0.1, 0.15) is 11.3 Å². The van der Waals surface area contributed by atoms with E-state index in [1.165, 1.54) is 6.07 Å². The molecular weight excluding hydrogens is 282 g/mol. The quantitative estimate of drug-likeness (QED) is 0.644. The number of rotatable bonds is 6. The van der Waals surface area contributed by atoms with Gasteiger partial charge in [-0.2, -0.15) is 0 Å². The Morgan fingerprint density at radius 3 is 2.80 bits per heavy atom. The minimum atomic E-state index is -0.624. The molecule has 0 unspecified atom stereocenters. The van der Waals surface area contributed by atoms with E-state index in [2.05, 4.69) is 18.8 Å². The highest BCUT2D eigenvalue weighted by atomic mass is 32.1. The Labute approximate surface area is 121 Å². The number of halogens is 2. The highest BCUT2D eigenvalue weighted by Crippen LogP contribution is 2.19. The van der Waals surface area contributed by atoms with Crippen molar-refractivity contribution in [1.82, 2.24) is 9.55 Å². The Morgan fingerprint density at radius 1 is 1.35 bits per heavy atom. The molecule has 0 aliphatic heterocycles. The normalized spacial score (nSPS) is 11.7. The maximum absolute atomic E-state index is 13.6. The molecule has 20 heavy (non-hydrogen) atoms. The Hall–Kier alpha value is -1.27. The molecule has 1 heterocycles. The molecule has 2 rings (SSSR count). The van der Waals surface area contributed by atoms with Gasteiger partial charge in [-0.15, -0.1) is 0 Å². The lowest BCUT2D eigenvalue weighted by Crippen LogP contribution is -2.06. The predicted octanol–water partition coefficient (Wildman–Crippen LogP) is 4.04. The SMILES string of the molecule is CC(C)COCCCn1c(=S)[nH]c2c(F)cc(F)cc21. The molecule has 0 bridgehead atoms. The van der Waals surface area contributed by atoms with E-state index >= 15 is 0 Å². The fourth-order valence-electron chi connectivity index (χ4n) is 2.05. The summed E-state index contributed by atoms with van der Waals surface area (Å²) in [5, 5.41) is 0. The van der Waals surface area contributed by atoms with Gasteiger partial charge in [-0.25, -0.2) is 8.78 Å². The summed E-state index contributed by atoms with van der Waals surface area (Å²) in [5.41, 5.74) is 0.704. The van der Waals surface area contributed by atoms with Crippen molar-refractivity contribution in [3.63, 3.8) is 0 Å². The molecule has 0 spiro atoms. The van der Waals surface area contributed by atoms with E-state index in [0.717, 1.165) is 12.5 Å². The van der Waals surface area contributed by atoms with Gasteiger partial charge in [-0.3, -0.25) is 0 Å². The van der Waals surface area contributed by atoms with Crippen molar-refractivity contribution >= 4 is 23.3 Å². The van der Waals surface area contributed by atoms with Crippen molar-refractivity contribution in [2.45, 2.75) is 26.8 Å². The second kappa shape index (κ2) is 6.45. The molecule has 1 aromatic heterocycles. The molecule has 2 aromatic rings. The second-order valence-corrected chi connectivity index (χ2v) is 5.57. The lowest BCUT2D eigenvalue weighted by Gasteiger charge is -2.08. The number of aromatic nitrogens is 2. The molecule has 0 radical (unpaired) electrons. The maximum atomic E-state index is 13.6. The Bertz CT molecular complexity index is 648. The lowest BCUT2D eigenvalue weighted by atomic mass is 10.2. The first-order chi connectivity index (χ1) is 9.49. The number of nitrogens with zero attached hydrogens (tertiary/aromatic N) is 1. The van der Waals surface area contributed by atoms with Gasteiger partial charge in [0.05, 0.1) is 5.52 Å². The van der Waals surface area contributed by atoms with Gasteiger partial charge in [0.15, 0.2) is 10.6 Å². The molecule has 3 nitrogen and oxygen atoms in total. The highest BCUT2D eigenvalue weighted by Gasteiger charge is 2.10. The topological polar surface area (TPSA) is 29.9 Å². The summed E-state index contributed by atoms with van der Waals surface area (Å²) in [6, 6.07) is 2.14. The van der Waals surface area contributed by atoms with Gasteiger partial charge in [0.2, 0.25) is 0 Å². The van der Waals surface area contributed by atoms with Crippen LogP contribution < -0.4 is 0 Å². The average molecular weight is 300 g/mol. The summed E-state index contributed by atoms with van der Waals surface area (Å²) < 4.78 is 34.5. The van der Waals surface area contributed by atoms with Crippen LogP contribution in [0.25, 0.3) is 11.0 Å². The van der Waals surface area contributed by atoms with E-state index < -0.39 is 11.6 Å². The number of aromatic amines is 1. The van der Waals surface area contributed by atoms with Crippen LogP contribution in [0, 0.1) is 22.3 Å². The minimum absolute atomic E-state index is 0.250. The summed E-state index contributed by atoms with van der Waals surface area (Å²) in [4.78, 5) is 2.78. The largest absolute Gasteiger partial charge is 0.381 e. The van der Waals surface area contributed by atoms with Crippen LogP contribution in [0.5, 0.6) is 0 Å². The molecular formula is C14H18F2N2OS. The Morgan fingerprint density at radius 2 is 2.10 bits per heavy atom. The molecule has 0 atom stereocenters. The van der Waals surface area contributed by atoms with Crippen LogP contribution in [0.2, 0.25) is 0 Å². The molecule has 1 aromatic carbocycles. The molecule has 0 fully saturated rings. The van der Waals surface area contributed by atoms with E-state index in [0.29, 0.717) is 36.0 Å². The van der Waals surface area contributed by atoms with Crippen molar-refractivity contribution in [3.05, 3.63) is 28.5 Å². The van der Waals surface area contributed by atoms with Gasteiger partial charge >= 0.3 is 0 Å². The molecule has 0 saturated carbocycles. The Balaban J connectivity index is 2.10. The number of hydrogen-bond donors (Lipinski definition) is 1. The van der Waals surface area contributed by atoms with E-state index in [-0.39, 0.29) is 5.52 Å². The first-order valence-corrected chi connectivity index (χ1v) is 7.05. The molecule has 0 aliphatic carbocycles. The number of benzene rings is 1. The summed E-state index contributed by atoms with van der Waals surface area (Å²) >= 11 is 5.15. The van der Waals surface area contributed by atoms with Crippen molar-refractivity contribution in [1.29, 1.82) is 0 Å². The molecule has 110 valence electrons. The van der Waals surface area contributed by atoms with E-state index in [9.17, 15) is 8.78 Å². The van der Waals surface area contributed by atoms with Crippen LogP contribution in [0.15, 0.2) is 12.1 Å². The third-order valence-electron chi connectivity index (χ3n) is 2.92. The summed E-state index contributed by atoms with van der Waals surface area (Å²) in [5.74, 6) is -0.733. The predicted molar refractivity (Wildman–Crippen MR) is 77.3 cm³/mol. The fraction of sp³-hybridized carbons (Fsp3) is 0.500. The average Bonchev–Trinajstić information content (AvgIpc) is 2.66. The zero-order valence-electron chi connectivity index (χ0n) is 11.6. The van der Waals surface area contributed by atoms with Gasteiger partial charge in [-0.1, -0.05) is 13.8 Å². The number of H-pyrrole nitrogens is 1.